The van der Waals surface area contributed by atoms with E-state index in [1.807, 2.05) is 0 Å². The summed E-state index contributed by atoms with van der Waals surface area (Å²) in [5.41, 5.74) is 0.659. The van der Waals surface area contributed by atoms with E-state index in [-0.39, 0.29) is 22.9 Å². The Morgan fingerprint density at radius 1 is 1.36 bits per heavy atom. The first kappa shape index (κ1) is 17.1. The van der Waals surface area contributed by atoms with Gasteiger partial charge in [0.1, 0.15) is 5.69 Å². The number of hydrogen-bond donors (Lipinski definition) is 1. The van der Waals surface area contributed by atoms with Crippen LogP contribution in [0.4, 0.5) is 11.4 Å². The molecule has 1 aromatic carbocycles. The molecule has 0 unspecified atom stereocenters. The lowest BCUT2D eigenvalue weighted by Crippen LogP contribution is -2.18. The minimum absolute atomic E-state index is 0.0733. The summed E-state index contributed by atoms with van der Waals surface area (Å²) in [7, 11) is 1.72. The van der Waals surface area contributed by atoms with Gasteiger partial charge in [-0.3, -0.25) is 14.9 Å². The van der Waals surface area contributed by atoms with E-state index in [0.717, 1.165) is 19.4 Å². The van der Waals surface area contributed by atoms with E-state index in [2.05, 4.69) is 10.3 Å². The number of hydrogen-bond acceptors (Lipinski definition) is 5. The highest BCUT2D eigenvalue weighted by Crippen LogP contribution is 2.29. The number of imidazole rings is 1. The van der Waals surface area contributed by atoms with Gasteiger partial charge in [-0.1, -0.05) is 19.3 Å². The van der Waals surface area contributed by atoms with Crippen LogP contribution in [0.3, 0.4) is 0 Å². The number of aryl methyl sites for hydroxylation is 1. The Morgan fingerprint density at radius 2 is 2.12 bits per heavy atom. The second-order valence-corrected chi connectivity index (χ2v) is 6.56. The van der Waals surface area contributed by atoms with Crippen molar-refractivity contribution in [3.63, 3.8) is 0 Å². The number of nitrogens with zero attached hydrogens (tertiary/aromatic N) is 3. The van der Waals surface area contributed by atoms with Crippen molar-refractivity contribution in [1.82, 2.24) is 9.55 Å². The Balaban J connectivity index is 1.79. The highest BCUT2D eigenvalue weighted by atomic mass is 16.6. The van der Waals surface area contributed by atoms with Gasteiger partial charge in [0.05, 0.1) is 4.92 Å². The van der Waals surface area contributed by atoms with Gasteiger partial charge >= 0.3 is 0 Å². The first-order valence-corrected chi connectivity index (χ1v) is 8.60. The third-order valence-electron chi connectivity index (χ3n) is 4.79. The van der Waals surface area contributed by atoms with Crippen molar-refractivity contribution in [3.05, 3.63) is 52.1 Å². The molecule has 1 fully saturated rings. The molecule has 7 heteroatoms. The molecule has 1 aliphatic carbocycles. The normalized spacial score (nSPS) is 15.1. The standard InChI is InChI=1S/C18H22N4O3/c1-21-10-9-19-18(21)17(23)14-7-8-15(16(11-14)22(24)25)20-12-13-5-3-2-4-6-13/h7-11,13,20H,2-6,12H2,1H3. The monoisotopic (exact) mass is 342 g/mol. The number of carbonyl (C=O) groups is 1. The molecule has 2 aromatic rings. The summed E-state index contributed by atoms with van der Waals surface area (Å²) in [6.07, 6.45) is 9.26. The number of nitro benzene ring substituents is 1. The van der Waals surface area contributed by atoms with Gasteiger partial charge in [0.25, 0.3) is 5.69 Å². The molecule has 132 valence electrons. The van der Waals surface area contributed by atoms with Crippen LogP contribution in [0.1, 0.15) is 48.3 Å². The van der Waals surface area contributed by atoms with Crippen molar-refractivity contribution < 1.29 is 9.72 Å². The predicted octanol–water partition coefficient (Wildman–Crippen LogP) is 3.55. The fourth-order valence-corrected chi connectivity index (χ4v) is 3.33. The molecule has 25 heavy (non-hydrogen) atoms. The van der Waals surface area contributed by atoms with Crippen LogP contribution in [0.2, 0.25) is 0 Å². The summed E-state index contributed by atoms with van der Waals surface area (Å²) in [4.78, 5) is 27.5. The molecule has 0 amide bonds. The minimum Gasteiger partial charge on any atom is -0.379 e. The smallest absolute Gasteiger partial charge is 0.293 e. The van der Waals surface area contributed by atoms with Crippen LogP contribution < -0.4 is 5.32 Å². The van der Waals surface area contributed by atoms with Crippen LogP contribution in [0, 0.1) is 16.0 Å². The molecule has 0 radical (unpaired) electrons. The third kappa shape index (κ3) is 3.87. The van der Waals surface area contributed by atoms with Crippen LogP contribution in [0.5, 0.6) is 0 Å². The van der Waals surface area contributed by atoms with Crippen LogP contribution in [0.25, 0.3) is 0 Å². The molecule has 0 spiro atoms. The maximum atomic E-state index is 12.5. The van der Waals surface area contributed by atoms with Gasteiger partial charge in [0.15, 0.2) is 5.82 Å². The average molecular weight is 342 g/mol. The summed E-state index contributed by atoms with van der Waals surface area (Å²) in [5, 5.41) is 14.6. The third-order valence-corrected chi connectivity index (χ3v) is 4.79. The second-order valence-electron chi connectivity index (χ2n) is 6.56. The highest BCUT2D eigenvalue weighted by molar-refractivity contribution is 6.07. The SMILES string of the molecule is Cn1ccnc1C(=O)c1ccc(NCC2CCCCC2)c([N+](=O)[O-])c1. The van der Waals surface area contributed by atoms with Crippen molar-refractivity contribution in [2.45, 2.75) is 32.1 Å². The van der Waals surface area contributed by atoms with Crippen LogP contribution in [-0.2, 0) is 7.05 Å². The number of carbonyl (C=O) groups excluding carboxylic acids is 1. The van der Waals surface area contributed by atoms with Crippen LogP contribution in [-0.4, -0.2) is 26.8 Å². The molecular formula is C18H22N4O3. The van der Waals surface area contributed by atoms with Crippen molar-refractivity contribution >= 4 is 17.2 Å². The van der Waals surface area contributed by atoms with Crippen molar-refractivity contribution in [1.29, 1.82) is 0 Å². The van der Waals surface area contributed by atoms with Gasteiger partial charge < -0.3 is 9.88 Å². The number of benzene rings is 1. The Kier molecular flexibility index (Phi) is 5.11. The fourth-order valence-electron chi connectivity index (χ4n) is 3.33. The van der Waals surface area contributed by atoms with E-state index in [1.54, 1.807) is 29.9 Å². The summed E-state index contributed by atoms with van der Waals surface area (Å²) in [5.74, 6) is 0.494. The lowest BCUT2D eigenvalue weighted by molar-refractivity contribution is -0.384. The molecule has 1 N–H and O–H groups in total. The van der Waals surface area contributed by atoms with Crippen molar-refractivity contribution in [3.8, 4) is 0 Å². The lowest BCUT2D eigenvalue weighted by atomic mass is 9.89. The molecule has 0 atom stereocenters. The first-order valence-electron chi connectivity index (χ1n) is 8.60. The zero-order valence-corrected chi connectivity index (χ0v) is 14.3. The zero-order valence-electron chi connectivity index (χ0n) is 14.3. The summed E-state index contributed by atoms with van der Waals surface area (Å²) in [6.45, 7) is 0.730. The molecule has 1 aliphatic rings. The summed E-state index contributed by atoms with van der Waals surface area (Å²) in [6, 6.07) is 4.57. The minimum atomic E-state index is -0.446. The second kappa shape index (κ2) is 7.46. The van der Waals surface area contributed by atoms with Crippen molar-refractivity contribution in [2.24, 2.45) is 13.0 Å². The molecule has 7 nitrogen and oxygen atoms in total. The predicted molar refractivity (Wildman–Crippen MR) is 94.8 cm³/mol. The van der Waals surface area contributed by atoms with E-state index >= 15 is 0 Å². The molecule has 0 aliphatic heterocycles. The van der Waals surface area contributed by atoms with Gasteiger partial charge in [0.2, 0.25) is 5.78 Å². The van der Waals surface area contributed by atoms with Gasteiger partial charge in [-0.05, 0) is 30.9 Å². The Morgan fingerprint density at radius 3 is 2.76 bits per heavy atom. The van der Waals surface area contributed by atoms with Crippen LogP contribution >= 0.6 is 0 Å². The van der Waals surface area contributed by atoms with Gasteiger partial charge in [-0.2, -0.15) is 0 Å². The Bertz CT molecular complexity index is 778. The molecular weight excluding hydrogens is 320 g/mol. The number of aromatic nitrogens is 2. The van der Waals surface area contributed by atoms with Crippen molar-refractivity contribution in [2.75, 3.05) is 11.9 Å². The van der Waals surface area contributed by atoms with E-state index in [1.165, 1.54) is 31.5 Å². The van der Waals surface area contributed by atoms with E-state index in [9.17, 15) is 14.9 Å². The molecule has 1 saturated carbocycles. The van der Waals surface area contributed by atoms with Gasteiger partial charge in [0, 0.05) is 37.6 Å². The van der Waals surface area contributed by atoms with E-state index in [4.69, 9.17) is 0 Å². The Hall–Kier alpha value is -2.70. The van der Waals surface area contributed by atoms with E-state index in [0.29, 0.717) is 11.6 Å². The number of nitro groups is 1. The maximum absolute atomic E-state index is 12.5. The molecule has 0 bridgehead atoms. The zero-order chi connectivity index (χ0) is 17.8. The molecule has 1 heterocycles. The number of rotatable bonds is 6. The molecule has 0 saturated heterocycles. The van der Waals surface area contributed by atoms with Gasteiger partial charge in [-0.25, -0.2) is 4.98 Å². The average Bonchev–Trinajstić information content (AvgIpc) is 3.06. The molecule has 1 aromatic heterocycles. The number of ketones is 1. The quantitative estimate of drug-likeness (QED) is 0.492. The first-order chi connectivity index (χ1) is 12.1. The number of nitrogens with one attached hydrogen (secondary N) is 1. The maximum Gasteiger partial charge on any atom is 0.293 e. The highest BCUT2D eigenvalue weighted by Gasteiger charge is 2.21. The Labute approximate surface area is 146 Å². The van der Waals surface area contributed by atoms with Crippen LogP contribution in [0.15, 0.2) is 30.6 Å². The fraction of sp³-hybridized carbons (Fsp3) is 0.444. The molecule has 3 rings (SSSR count). The van der Waals surface area contributed by atoms with E-state index < -0.39 is 4.92 Å². The van der Waals surface area contributed by atoms with Gasteiger partial charge in [-0.15, -0.1) is 0 Å². The largest absolute Gasteiger partial charge is 0.379 e. The topological polar surface area (TPSA) is 90.1 Å². The summed E-state index contributed by atoms with van der Waals surface area (Å²) >= 11 is 0. The summed E-state index contributed by atoms with van der Waals surface area (Å²) < 4.78 is 1.60. The lowest BCUT2D eigenvalue weighted by Gasteiger charge is -2.22. The number of anilines is 1.